The molecule has 0 aliphatic rings. The van der Waals surface area contributed by atoms with Crippen LogP contribution in [0, 0.1) is 10.1 Å². The molecule has 5 heteroatoms. The van der Waals surface area contributed by atoms with E-state index in [1.54, 1.807) is 0 Å². The highest BCUT2D eigenvalue weighted by molar-refractivity contribution is 5.98. The van der Waals surface area contributed by atoms with Gasteiger partial charge in [-0.25, -0.2) is 0 Å². The first-order valence-corrected chi connectivity index (χ1v) is 3.89. The molecule has 0 aliphatic heterocycles. The van der Waals surface area contributed by atoms with E-state index in [2.05, 4.69) is 0 Å². The lowest BCUT2D eigenvalue weighted by atomic mass is 10.1. The highest BCUT2D eigenvalue weighted by atomic mass is 16.6. The zero-order chi connectivity index (χ0) is 10.7. The average molecular weight is 211 g/mol. The van der Waals surface area contributed by atoms with E-state index in [-0.39, 0.29) is 24.5 Å². The summed E-state index contributed by atoms with van der Waals surface area (Å²) in [6.07, 6.45) is 0. The van der Waals surface area contributed by atoms with Gasteiger partial charge in [0.05, 0.1) is 17.6 Å². The van der Waals surface area contributed by atoms with Gasteiger partial charge < -0.3 is 4.74 Å². The highest BCUT2D eigenvalue weighted by Crippen LogP contribution is 2.23. The normalized spacial score (nSPS) is 8.93. The van der Waals surface area contributed by atoms with E-state index in [9.17, 15) is 14.9 Å². The third-order valence-corrected chi connectivity index (χ3v) is 1.78. The van der Waals surface area contributed by atoms with Crippen LogP contribution in [0.15, 0.2) is 18.2 Å². The average Bonchev–Trinajstić information content (AvgIpc) is 2.16. The van der Waals surface area contributed by atoms with Crippen LogP contribution in [0.4, 0.5) is 5.69 Å². The Kier molecular flexibility index (Phi) is 4.44. The second-order valence-electron chi connectivity index (χ2n) is 2.70. The highest BCUT2D eigenvalue weighted by Gasteiger charge is 2.17. The number of ketones is 1. The molecule has 0 saturated carbocycles. The number of benzene rings is 1. The number of nitro groups is 1. The van der Waals surface area contributed by atoms with Gasteiger partial charge in [0.1, 0.15) is 5.75 Å². The molecule has 0 atom stereocenters. The van der Waals surface area contributed by atoms with Crippen molar-refractivity contribution in [3.8, 4) is 5.75 Å². The number of hydrogen-bond acceptors (Lipinski definition) is 4. The fourth-order valence-electron chi connectivity index (χ4n) is 1.08. The Labute approximate surface area is 87.8 Å². The molecule has 0 unspecified atom stereocenters. The van der Waals surface area contributed by atoms with Crippen LogP contribution in [-0.2, 0) is 0 Å². The molecule has 0 fully saturated rings. The third kappa shape index (κ3) is 2.77. The summed E-state index contributed by atoms with van der Waals surface area (Å²) in [6.45, 7) is 1.28. The van der Waals surface area contributed by atoms with E-state index < -0.39 is 4.92 Å². The van der Waals surface area contributed by atoms with Gasteiger partial charge in [-0.2, -0.15) is 0 Å². The number of hydrogen-bond donors (Lipinski definition) is 0. The number of nitro benzene ring substituents is 1. The van der Waals surface area contributed by atoms with E-state index in [0.717, 1.165) is 0 Å². The number of ether oxygens (including phenoxy) is 1. The smallest absolute Gasteiger partial charge is 0.280 e. The Morgan fingerprint density at radius 2 is 2.07 bits per heavy atom. The molecule has 0 N–H and O–H groups in total. The molecule has 15 heavy (non-hydrogen) atoms. The molecule has 0 heterocycles. The van der Waals surface area contributed by atoms with E-state index in [1.807, 2.05) is 0 Å². The van der Waals surface area contributed by atoms with Gasteiger partial charge in [0.2, 0.25) is 0 Å². The van der Waals surface area contributed by atoms with Gasteiger partial charge in [-0.15, -0.1) is 0 Å². The van der Waals surface area contributed by atoms with Gasteiger partial charge >= 0.3 is 0 Å². The minimum atomic E-state index is -0.587. The van der Waals surface area contributed by atoms with Crippen LogP contribution in [0.2, 0.25) is 0 Å². The summed E-state index contributed by atoms with van der Waals surface area (Å²) >= 11 is 0. The topological polar surface area (TPSA) is 69.4 Å². The predicted molar refractivity (Wildman–Crippen MR) is 56.4 cm³/mol. The molecule has 0 aliphatic carbocycles. The van der Waals surface area contributed by atoms with Crippen molar-refractivity contribution in [1.82, 2.24) is 0 Å². The first-order valence-electron chi connectivity index (χ1n) is 3.89. The predicted octanol–water partition coefficient (Wildman–Crippen LogP) is 2.44. The number of carbonyl (C=O) groups is 1. The van der Waals surface area contributed by atoms with Crippen LogP contribution in [-0.4, -0.2) is 17.8 Å². The number of rotatable bonds is 3. The van der Waals surface area contributed by atoms with Gasteiger partial charge in [-0.1, -0.05) is 7.43 Å². The van der Waals surface area contributed by atoms with Crippen molar-refractivity contribution in [1.29, 1.82) is 0 Å². The summed E-state index contributed by atoms with van der Waals surface area (Å²) in [5.74, 6) is 0.0800. The zero-order valence-electron chi connectivity index (χ0n) is 7.81. The first kappa shape index (κ1) is 13.1. The van der Waals surface area contributed by atoms with Gasteiger partial charge in [-0.05, 0) is 19.1 Å². The molecule has 5 nitrogen and oxygen atoms in total. The first-order chi connectivity index (χ1) is 6.56. The van der Waals surface area contributed by atoms with Crippen LogP contribution in [0.5, 0.6) is 5.75 Å². The van der Waals surface area contributed by atoms with Crippen LogP contribution >= 0.6 is 0 Å². The summed E-state index contributed by atoms with van der Waals surface area (Å²) in [4.78, 5) is 21.0. The van der Waals surface area contributed by atoms with Crippen LogP contribution in [0.1, 0.15) is 24.7 Å². The molecule has 0 amide bonds. The van der Waals surface area contributed by atoms with Crippen molar-refractivity contribution in [2.45, 2.75) is 14.4 Å². The number of carbonyl (C=O) groups excluding carboxylic acids is 1. The van der Waals surface area contributed by atoms with Crippen molar-refractivity contribution < 1.29 is 14.5 Å². The van der Waals surface area contributed by atoms with Crippen molar-refractivity contribution in [2.24, 2.45) is 0 Å². The molecule has 0 spiro atoms. The molecule has 0 saturated heterocycles. The fourth-order valence-corrected chi connectivity index (χ4v) is 1.08. The lowest BCUT2D eigenvalue weighted by Crippen LogP contribution is -2.00. The lowest BCUT2D eigenvalue weighted by Gasteiger charge is -2.02. The van der Waals surface area contributed by atoms with Gasteiger partial charge in [0, 0.05) is 6.07 Å². The fraction of sp³-hybridized carbons (Fsp3) is 0.300. The van der Waals surface area contributed by atoms with E-state index in [4.69, 9.17) is 4.74 Å². The van der Waals surface area contributed by atoms with Crippen LogP contribution in [0.25, 0.3) is 0 Å². The summed E-state index contributed by atoms with van der Waals surface area (Å²) in [5, 5.41) is 10.5. The minimum absolute atomic E-state index is 0. The molecule has 0 aromatic heterocycles. The molecule has 1 rings (SSSR count). The van der Waals surface area contributed by atoms with E-state index in [0.29, 0.717) is 5.75 Å². The van der Waals surface area contributed by atoms with Crippen molar-refractivity contribution in [3.05, 3.63) is 33.9 Å². The van der Waals surface area contributed by atoms with Crippen LogP contribution < -0.4 is 4.74 Å². The molecule has 0 bridgehead atoms. The van der Waals surface area contributed by atoms with Gasteiger partial charge in [-0.3, -0.25) is 14.9 Å². The monoisotopic (exact) mass is 211 g/mol. The third-order valence-electron chi connectivity index (χ3n) is 1.78. The SMILES string of the molecule is C.COc1ccc([N+](=O)[O-])c(C(C)=O)c1. The zero-order valence-corrected chi connectivity index (χ0v) is 7.81. The number of nitrogens with zero attached hydrogens (tertiary/aromatic N) is 1. The largest absolute Gasteiger partial charge is 0.497 e. The summed E-state index contributed by atoms with van der Waals surface area (Å²) in [6, 6.07) is 4.07. The van der Waals surface area contributed by atoms with E-state index >= 15 is 0 Å². The molecule has 1 aromatic rings. The number of Topliss-reactive ketones (excluding diaryl/α,β-unsaturated/α-hetero) is 1. The summed E-state index contributed by atoms with van der Waals surface area (Å²) in [7, 11) is 1.44. The Morgan fingerprint density at radius 1 is 1.47 bits per heavy atom. The van der Waals surface area contributed by atoms with Crippen LogP contribution in [0.3, 0.4) is 0 Å². The second kappa shape index (κ2) is 5.09. The maximum atomic E-state index is 11.1. The Bertz CT molecular complexity index is 387. The maximum absolute atomic E-state index is 11.1. The molecule has 1 aromatic carbocycles. The Morgan fingerprint density at radius 3 is 2.47 bits per heavy atom. The Balaban J connectivity index is 0.00000196. The van der Waals surface area contributed by atoms with Crippen molar-refractivity contribution in [2.75, 3.05) is 7.11 Å². The van der Waals surface area contributed by atoms with Crippen molar-refractivity contribution in [3.63, 3.8) is 0 Å². The standard InChI is InChI=1S/C9H9NO4.CH4/c1-6(11)8-5-7(14-2)3-4-9(8)10(12)13;/h3-5H,1-2H3;1H4. The summed E-state index contributed by atoms with van der Waals surface area (Å²) < 4.78 is 4.86. The summed E-state index contributed by atoms with van der Waals surface area (Å²) in [5.41, 5.74) is -0.132. The molecular formula is C10H13NO4. The molecular weight excluding hydrogens is 198 g/mol. The van der Waals surface area contributed by atoms with Crippen molar-refractivity contribution >= 4 is 11.5 Å². The lowest BCUT2D eigenvalue weighted by molar-refractivity contribution is -0.385. The molecule has 0 radical (unpaired) electrons. The van der Waals surface area contributed by atoms with Gasteiger partial charge in [0.15, 0.2) is 5.78 Å². The Hall–Kier alpha value is -1.91. The quantitative estimate of drug-likeness (QED) is 0.437. The number of methoxy groups -OCH3 is 1. The second-order valence-corrected chi connectivity index (χ2v) is 2.70. The molecule has 82 valence electrons. The van der Waals surface area contributed by atoms with E-state index in [1.165, 1.54) is 32.2 Å². The maximum Gasteiger partial charge on any atom is 0.280 e. The minimum Gasteiger partial charge on any atom is -0.497 e. The van der Waals surface area contributed by atoms with Gasteiger partial charge in [0.25, 0.3) is 5.69 Å².